The van der Waals surface area contributed by atoms with Crippen LogP contribution in [0.4, 0.5) is 0 Å². The third-order valence-corrected chi connectivity index (χ3v) is 4.33. The molecule has 0 saturated carbocycles. The van der Waals surface area contributed by atoms with Crippen LogP contribution in [0.5, 0.6) is 0 Å². The SMILES string of the molecule is Cc1nc(C)n(C[C@H]2CCCCN2[C@@H]2CCOC2=O)n1. The second-order valence-electron chi connectivity index (χ2n) is 5.75. The van der Waals surface area contributed by atoms with Gasteiger partial charge in [-0.3, -0.25) is 9.69 Å². The molecule has 1 aromatic heterocycles. The molecule has 110 valence electrons. The average molecular weight is 278 g/mol. The molecule has 2 aliphatic rings. The van der Waals surface area contributed by atoms with Crippen molar-refractivity contribution in [2.75, 3.05) is 13.2 Å². The van der Waals surface area contributed by atoms with Crippen molar-refractivity contribution in [3.63, 3.8) is 0 Å². The Balaban J connectivity index is 1.75. The summed E-state index contributed by atoms with van der Waals surface area (Å²) in [6.45, 7) is 6.26. The molecule has 0 radical (unpaired) electrons. The third-order valence-electron chi connectivity index (χ3n) is 4.33. The minimum absolute atomic E-state index is 0.0507. The zero-order valence-corrected chi connectivity index (χ0v) is 12.2. The lowest BCUT2D eigenvalue weighted by Crippen LogP contribution is -2.50. The molecule has 6 heteroatoms. The molecule has 2 atom stereocenters. The minimum atomic E-state index is -0.0524. The van der Waals surface area contributed by atoms with E-state index in [1.165, 1.54) is 6.42 Å². The summed E-state index contributed by atoms with van der Waals surface area (Å²) < 4.78 is 7.10. The summed E-state index contributed by atoms with van der Waals surface area (Å²) in [6, 6.07) is 0.310. The number of nitrogens with zero attached hydrogens (tertiary/aromatic N) is 4. The van der Waals surface area contributed by atoms with Gasteiger partial charge in [-0.2, -0.15) is 5.10 Å². The van der Waals surface area contributed by atoms with Gasteiger partial charge in [0.25, 0.3) is 0 Å². The molecule has 1 aromatic rings. The van der Waals surface area contributed by atoms with Crippen LogP contribution < -0.4 is 0 Å². The number of cyclic esters (lactones) is 1. The van der Waals surface area contributed by atoms with Crippen molar-refractivity contribution in [1.82, 2.24) is 19.7 Å². The van der Waals surface area contributed by atoms with Gasteiger partial charge in [0.2, 0.25) is 0 Å². The molecule has 2 aliphatic heterocycles. The number of carbonyl (C=O) groups excluding carboxylic acids is 1. The lowest BCUT2D eigenvalue weighted by Gasteiger charge is -2.38. The van der Waals surface area contributed by atoms with Gasteiger partial charge in [-0.05, 0) is 33.2 Å². The Morgan fingerprint density at radius 1 is 1.30 bits per heavy atom. The van der Waals surface area contributed by atoms with Crippen molar-refractivity contribution in [3.05, 3.63) is 11.6 Å². The summed E-state index contributed by atoms with van der Waals surface area (Å²) in [4.78, 5) is 18.5. The highest BCUT2D eigenvalue weighted by atomic mass is 16.5. The first kappa shape index (κ1) is 13.5. The molecule has 0 amide bonds. The Morgan fingerprint density at radius 3 is 2.80 bits per heavy atom. The molecule has 6 nitrogen and oxygen atoms in total. The predicted octanol–water partition coefficient (Wildman–Crippen LogP) is 1.06. The fourth-order valence-electron chi connectivity index (χ4n) is 3.35. The van der Waals surface area contributed by atoms with E-state index in [0.717, 1.165) is 44.0 Å². The number of piperidine rings is 1. The third kappa shape index (κ3) is 2.57. The van der Waals surface area contributed by atoms with Crippen molar-refractivity contribution in [2.24, 2.45) is 0 Å². The summed E-state index contributed by atoms with van der Waals surface area (Å²) in [6.07, 6.45) is 4.32. The standard InChI is InChI=1S/C14H22N4O2/c1-10-15-11(2)18(16-10)9-12-5-3-4-7-17(12)13-6-8-20-14(13)19/h12-13H,3-9H2,1-2H3/t12-,13-/m1/s1. The lowest BCUT2D eigenvalue weighted by atomic mass is 9.99. The zero-order valence-electron chi connectivity index (χ0n) is 12.2. The monoisotopic (exact) mass is 278 g/mol. The summed E-state index contributed by atoms with van der Waals surface area (Å²) >= 11 is 0. The molecule has 0 aliphatic carbocycles. The molecule has 0 bridgehead atoms. The highest BCUT2D eigenvalue weighted by Crippen LogP contribution is 2.25. The van der Waals surface area contributed by atoms with E-state index in [1.807, 2.05) is 18.5 Å². The van der Waals surface area contributed by atoms with Gasteiger partial charge < -0.3 is 4.74 Å². The average Bonchev–Trinajstić information content (AvgIpc) is 2.97. The fraction of sp³-hybridized carbons (Fsp3) is 0.786. The van der Waals surface area contributed by atoms with Gasteiger partial charge in [0.15, 0.2) is 0 Å². The Morgan fingerprint density at radius 2 is 2.15 bits per heavy atom. The first-order valence-corrected chi connectivity index (χ1v) is 7.45. The number of esters is 1. The normalized spacial score (nSPS) is 27.8. The summed E-state index contributed by atoms with van der Waals surface area (Å²) in [5.74, 6) is 1.70. The summed E-state index contributed by atoms with van der Waals surface area (Å²) in [5.41, 5.74) is 0. The topological polar surface area (TPSA) is 60.2 Å². The largest absolute Gasteiger partial charge is 0.464 e. The predicted molar refractivity (Wildman–Crippen MR) is 73.2 cm³/mol. The molecule has 3 rings (SSSR count). The maximum Gasteiger partial charge on any atom is 0.323 e. The van der Waals surface area contributed by atoms with Crippen LogP contribution in [0.15, 0.2) is 0 Å². The highest BCUT2D eigenvalue weighted by Gasteiger charge is 2.37. The van der Waals surface area contributed by atoms with Gasteiger partial charge in [0.05, 0.1) is 13.2 Å². The van der Waals surface area contributed by atoms with Gasteiger partial charge in [-0.15, -0.1) is 0 Å². The number of aromatic nitrogens is 3. The van der Waals surface area contributed by atoms with Crippen molar-refractivity contribution in [3.8, 4) is 0 Å². The molecular formula is C14H22N4O2. The van der Waals surface area contributed by atoms with E-state index in [1.54, 1.807) is 0 Å². The second kappa shape index (κ2) is 5.52. The molecule has 0 unspecified atom stereocenters. The minimum Gasteiger partial charge on any atom is -0.464 e. The van der Waals surface area contributed by atoms with Crippen molar-refractivity contribution in [1.29, 1.82) is 0 Å². The summed E-state index contributed by atoms with van der Waals surface area (Å²) in [7, 11) is 0. The number of carbonyl (C=O) groups is 1. The van der Waals surface area contributed by atoms with E-state index in [2.05, 4.69) is 15.0 Å². The number of aryl methyl sites for hydroxylation is 2. The summed E-state index contributed by atoms with van der Waals surface area (Å²) in [5, 5.41) is 4.45. The zero-order chi connectivity index (χ0) is 14.1. The number of hydrogen-bond donors (Lipinski definition) is 0. The van der Waals surface area contributed by atoms with E-state index >= 15 is 0 Å². The molecule has 0 aromatic carbocycles. The maximum absolute atomic E-state index is 11.8. The first-order chi connectivity index (χ1) is 9.65. The smallest absolute Gasteiger partial charge is 0.323 e. The van der Waals surface area contributed by atoms with E-state index in [0.29, 0.717) is 12.6 Å². The Kier molecular flexibility index (Phi) is 3.74. The van der Waals surface area contributed by atoms with E-state index in [-0.39, 0.29) is 12.0 Å². The first-order valence-electron chi connectivity index (χ1n) is 7.45. The van der Waals surface area contributed by atoms with Crippen LogP contribution in [0.2, 0.25) is 0 Å². The van der Waals surface area contributed by atoms with Crippen molar-refractivity contribution in [2.45, 2.75) is 58.2 Å². The lowest BCUT2D eigenvalue weighted by molar-refractivity contribution is -0.143. The molecule has 3 heterocycles. The highest BCUT2D eigenvalue weighted by molar-refractivity contribution is 5.77. The van der Waals surface area contributed by atoms with Crippen LogP contribution in [-0.4, -0.2) is 50.9 Å². The van der Waals surface area contributed by atoms with E-state index in [4.69, 9.17) is 4.74 Å². The molecule has 2 saturated heterocycles. The molecule has 20 heavy (non-hydrogen) atoms. The van der Waals surface area contributed by atoms with Crippen LogP contribution in [0.3, 0.4) is 0 Å². The maximum atomic E-state index is 11.8. The van der Waals surface area contributed by atoms with Gasteiger partial charge in [0.1, 0.15) is 17.7 Å². The Labute approximate surface area is 119 Å². The van der Waals surface area contributed by atoms with E-state index < -0.39 is 0 Å². The molecule has 0 N–H and O–H groups in total. The van der Waals surface area contributed by atoms with Crippen LogP contribution in [0.1, 0.15) is 37.3 Å². The quantitative estimate of drug-likeness (QED) is 0.774. The molecular weight excluding hydrogens is 256 g/mol. The number of ether oxygens (including phenoxy) is 1. The Hall–Kier alpha value is -1.43. The van der Waals surface area contributed by atoms with E-state index in [9.17, 15) is 4.79 Å². The Bertz CT molecular complexity index is 499. The van der Waals surface area contributed by atoms with Gasteiger partial charge in [-0.1, -0.05) is 6.42 Å². The van der Waals surface area contributed by atoms with Crippen molar-refractivity contribution >= 4 is 5.97 Å². The van der Waals surface area contributed by atoms with Crippen LogP contribution in [0, 0.1) is 13.8 Å². The number of likely N-dealkylation sites (tertiary alicyclic amines) is 1. The van der Waals surface area contributed by atoms with Crippen molar-refractivity contribution < 1.29 is 9.53 Å². The second-order valence-corrected chi connectivity index (χ2v) is 5.75. The number of hydrogen-bond acceptors (Lipinski definition) is 5. The van der Waals surface area contributed by atoms with Gasteiger partial charge >= 0.3 is 5.97 Å². The van der Waals surface area contributed by atoms with Crippen LogP contribution in [-0.2, 0) is 16.1 Å². The fourth-order valence-corrected chi connectivity index (χ4v) is 3.35. The van der Waals surface area contributed by atoms with Crippen LogP contribution in [0.25, 0.3) is 0 Å². The van der Waals surface area contributed by atoms with Crippen LogP contribution >= 0.6 is 0 Å². The van der Waals surface area contributed by atoms with Gasteiger partial charge in [-0.25, -0.2) is 9.67 Å². The number of rotatable bonds is 3. The molecule has 0 spiro atoms. The molecule has 2 fully saturated rings. The van der Waals surface area contributed by atoms with Gasteiger partial charge in [0, 0.05) is 12.5 Å².